The highest BCUT2D eigenvalue weighted by Crippen LogP contribution is 2.62. The van der Waals surface area contributed by atoms with E-state index in [-0.39, 0.29) is 6.61 Å². The Morgan fingerprint density at radius 1 is 1.30 bits per heavy atom. The number of hydrogen-bond donors (Lipinski definition) is 3. The summed E-state index contributed by atoms with van der Waals surface area (Å²) in [5, 5.41) is 31.8. The van der Waals surface area contributed by atoms with Gasteiger partial charge in [0.25, 0.3) is 0 Å². The maximum Gasteiger partial charge on any atom is 0.343 e. The molecule has 5 heteroatoms. The van der Waals surface area contributed by atoms with E-state index in [0.717, 1.165) is 0 Å². The molecule has 0 aromatic rings. The van der Waals surface area contributed by atoms with Crippen LogP contribution in [-0.4, -0.2) is 45.7 Å². The van der Waals surface area contributed by atoms with Gasteiger partial charge in [0.15, 0.2) is 5.60 Å². The molecule has 3 aliphatic rings. The molecule has 1 heterocycles. The topological polar surface area (TPSA) is 87.0 Å². The van der Waals surface area contributed by atoms with Gasteiger partial charge in [-0.25, -0.2) is 4.79 Å². The van der Waals surface area contributed by atoms with Crippen LogP contribution in [0.5, 0.6) is 0 Å². The highest BCUT2D eigenvalue weighted by molar-refractivity contribution is 5.88. The van der Waals surface area contributed by atoms with Gasteiger partial charge in [0.2, 0.25) is 0 Å². The van der Waals surface area contributed by atoms with E-state index in [4.69, 9.17) is 4.74 Å². The lowest BCUT2D eigenvalue weighted by molar-refractivity contribution is -0.206. The summed E-state index contributed by atoms with van der Waals surface area (Å²) in [4.78, 5) is 12.1. The largest absolute Gasteiger partial charge is 0.459 e. The number of aliphatic hydroxyl groups is 3. The minimum Gasteiger partial charge on any atom is -0.459 e. The molecule has 2 aliphatic carbocycles. The van der Waals surface area contributed by atoms with Gasteiger partial charge < -0.3 is 20.1 Å². The second-order valence-electron chi connectivity index (χ2n) is 7.24. The van der Waals surface area contributed by atoms with Crippen molar-refractivity contribution in [3.63, 3.8) is 0 Å². The summed E-state index contributed by atoms with van der Waals surface area (Å²) in [6.07, 6.45) is 1.15. The molecule has 0 bridgehead atoms. The molecule has 0 radical (unpaired) electrons. The Hall–Kier alpha value is -0.910. The molecule has 5 nitrogen and oxygen atoms in total. The van der Waals surface area contributed by atoms with Gasteiger partial charge in [-0.3, -0.25) is 0 Å². The van der Waals surface area contributed by atoms with Crippen LogP contribution < -0.4 is 0 Å². The summed E-state index contributed by atoms with van der Waals surface area (Å²) in [5.41, 5.74) is -2.63. The molecule has 112 valence electrons. The van der Waals surface area contributed by atoms with Gasteiger partial charge in [0.1, 0.15) is 6.61 Å². The zero-order valence-electron chi connectivity index (χ0n) is 12.1. The third-order valence-electron chi connectivity index (χ3n) is 5.94. The Balaban J connectivity index is 2.20. The summed E-state index contributed by atoms with van der Waals surface area (Å²) < 4.78 is 5.03. The lowest BCUT2D eigenvalue weighted by Gasteiger charge is -2.60. The number of carbonyl (C=O) groups is 1. The standard InChI is InChI=1S/C15H22O5/c1-13(2)10(17)4-5-14(3)11(13)9(16)6-8-7-20-12(18)15(8,14)19/h6,9-11,16-17,19H,4-5,7H2,1-3H3/t9-,10-,11-,14-,15+/m1/s1. The minimum atomic E-state index is -1.67. The highest BCUT2D eigenvalue weighted by Gasteiger charge is 2.69. The van der Waals surface area contributed by atoms with Crippen LogP contribution in [0.25, 0.3) is 0 Å². The fourth-order valence-corrected chi connectivity index (χ4v) is 4.77. The van der Waals surface area contributed by atoms with E-state index >= 15 is 0 Å². The Labute approximate surface area is 118 Å². The van der Waals surface area contributed by atoms with E-state index in [1.807, 2.05) is 20.8 Å². The summed E-state index contributed by atoms with van der Waals surface area (Å²) >= 11 is 0. The van der Waals surface area contributed by atoms with Crippen LogP contribution in [0.1, 0.15) is 33.6 Å². The number of carbonyl (C=O) groups excluding carboxylic acids is 1. The van der Waals surface area contributed by atoms with Crippen LogP contribution in [0, 0.1) is 16.7 Å². The normalized spacial score (nSPS) is 50.0. The molecule has 0 spiro atoms. The SMILES string of the molecule is CC1(C)[C@H](O)CC[C@]2(C)[C@@H]1[C@H](O)C=C1COC(=O)[C@@]12O. The third-order valence-corrected chi connectivity index (χ3v) is 5.94. The molecule has 0 unspecified atom stereocenters. The van der Waals surface area contributed by atoms with Crippen LogP contribution in [0.2, 0.25) is 0 Å². The highest BCUT2D eigenvalue weighted by atomic mass is 16.6. The van der Waals surface area contributed by atoms with E-state index in [2.05, 4.69) is 0 Å². The zero-order chi connectivity index (χ0) is 14.9. The summed E-state index contributed by atoms with van der Waals surface area (Å²) in [5.74, 6) is -1.03. The molecule has 1 saturated heterocycles. The van der Waals surface area contributed by atoms with Crippen LogP contribution in [-0.2, 0) is 9.53 Å². The third kappa shape index (κ3) is 1.36. The van der Waals surface area contributed by atoms with E-state index in [1.165, 1.54) is 6.08 Å². The van der Waals surface area contributed by atoms with Crippen molar-refractivity contribution in [3.8, 4) is 0 Å². The number of rotatable bonds is 0. The van der Waals surface area contributed by atoms with Crippen molar-refractivity contribution in [2.24, 2.45) is 16.7 Å². The van der Waals surface area contributed by atoms with Gasteiger partial charge in [0.05, 0.1) is 12.2 Å². The molecule has 0 aromatic heterocycles. The number of hydrogen-bond acceptors (Lipinski definition) is 5. The Kier molecular flexibility index (Phi) is 2.70. The Bertz CT molecular complexity index is 496. The molecule has 5 atom stereocenters. The molecular weight excluding hydrogens is 260 g/mol. The van der Waals surface area contributed by atoms with Crippen molar-refractivity contribution in [2.75, 3.05) is 6.61 Å². The average molecular weight is 282 g/mol. The van der Waals surface area contributed by atoms with Gasteiger partial charge in [-0.1, -0.05) is 20.8 Å². The fraction of sp³-hybridized carbons (Fsp3) is 0.800. The number of fused-ring (bicyclic) bond motifs is 3. The minimum absolute atomic E-state index is 0.0394. The van der Waals surface area contributed by atoms with Crippen LogP contribution in [0.15, 0.2) is 11.6 Å². The Morgan fingerprint density at radius 3 is 2.60 bits per heavy atom. The molecule has 2 fully saturated rings. The fourth-order valence-electron chi connectivity index (χ4n) is 4.77. The van der Waals surface area contributed by atoms with Gasteiger partial charge in [-0.05, 0) is 24.3 Å². The van der Waals surface area contributed by atoms with E-state index in [1.54, 1.807) is 0 Å². The van der Waals surface area contributed by atoms with Crippen LogP contribution in [0.4, 0.5) is 0 Å². The van der Waals surface area contributed by atoms with Crippen molar-refractivity contribution >= 4 is 5.97 Å². The predicted octanol–water partition coefficient (Wildman–Crippen LogP) is 0.379. The summed E-state index contributed by atoms with van der Waals surface area (Å²) in [6.45, 7) is 5.63. The molecule has 0 aromatic carbocycles. The second kappa shape index (κ2) is 3.84. The van der Waals surface area contributed by atoms with E-state index in [9.17, 15) is 20.1 Å². The number of aliphatic hydroxyl groups excluding tert-OH is 2. The molecule has 3 N–H and O–H groups in total. The first-order valence-corrected chi connectivity index (χ1v) is 7.12. The van der Waals surface area contributed by atoms with Gasteiger partial charge >= 0.3 is 5.97 Å². The summed E-state index contributed by atoms with van der Waals surface area (Å²) in [6, 6.07) is 0. The van der Waals surface area contributed by atoms with E-state index < -0.39 is 40.5 Å². The Morgan fingerprint density at radius 2 is 1.95 bits per heavy atom. The summed E-state index contributed by atoms with van der Waals surface area (Å²) in [7, 11) is 0. The first kappa shape index (κ1) is 14.0. The maximum absolute atomic E-state index is 12.1. The molecule has 0 amide bonds. The monoisotopic (exact) mass is 282 g/mol. The van der Waals surface area contributed by atoms with Crippen molar-refractivity contribution in [2.45, 2.75) is 51.4 Å². The molecule has 1 aliphatic heterocycles. The van der Waals surface area contributed by atoms with E-state index in [0.29, 0.717) is 18.4 Å². The van der Waals surface area contributed by atoms with Crippen LogP contribution >= 0.6 is 0 Å². The molecule has 20 heavy (non-hydrogen) atoms. The molecular formula is C15H22O5. The van der Waals surface area contributed by atoms with Crippen molar-refractivity contribution in [1.29, 1.82) is 0 Å². The van der Waals surface area contributed by atoms with Gasteiger partial charge in [0, 0.05) is 16.9 Å². The van der Waals surface area contributed by atoms with Gasteiger partial charge in [-0.15, -0.1) is 0 Å². The average Bonchev–Trinajstić information content (AvgIpc) is 2.64. The van der Waals surface area contributed by atoms with Crippen molar-refractivity contribution in [3.05, 3.63) is 11.6 Å². The smallest absolute Gasteiger partial charge is 0.343 e. The predicted molar refractivity (Wildman–Crippen MR) is 70.6 cm³/mol. The second-order valence-corrected chi connectivity index (χ2v) is 7.24. The number of ether oxygens (including phenoxy) is 1. The van der Waals surface area contributed by atoms with Gasteiger partial charge in [-0.2, -0.15) is 0 Å². The quantitative estimate of drug-likeness (QED) is 0.441. The van der Waals surface area contributed by atoms with Crippen LogP contribution in [0.3, 0.4) is 0 Å². The number of cyclic esters (lactones) is 1. The van der Waals surface area contributed by atoms with Crippen molar-refractivity contribution in [1.82, 2.24) is 0 Å². The first-order valence-electron chi connectivity index (χ1n) is 7.12. The molecule has 1 saturated carbocycles. The zero-order valence-corrected chi connectivity index (χ0v) is 12.1. The maximum atomic E-state index is 12.1. The number of esters is 1. The lowest BCUT2D eigenvalue weighted by atomic mass is 9.46. The first-order chi connectivity index (χ1) is 9.15. The molecule has 3 rings (SSSR count). The van der Waals surface area contributed by atoms with Crippen molar-refractivity contribution < 1.29 is 24.9 Å². The lowest BCUT2D eigenvalue weighted by Crippen LogP contribution is -2.66.